The summed E-state index contributed by atoms with van der Waals surface area (Å²) in [5, 5.41) is 2.21. The number of rotatable bonds is 3. The van der Waals surface area contributed by atoms with E-state index in [2.05, 4.69) is 10.3 Å². The molecule has 0 aromatic carbocycles. The molecule has 9 heavy (non-hydrogen) atoms. The van der Waals surface area contributed by atoms with Gasteiger partial charge in [-0.1, -0.05) is 0 Å². The summed E-state index contributed by atoms with van der Waals surface area (Å²) in [6.45, 7) is 0. The first-order valence-corrected chi connectivity index (χ1v) is 2.21. The summed E-state index contributed by atoms with van der Waals surface area (Å²) in [7, 11) is 0. The van der Waals surface area contributed by atoms with E-state index in [4.69, 9.17) is 11.5 Å². The van der Waals surface area contributed by atoms with Crippen LogP contribution in [0.25, 0.3) is 0 Å². The van der Waals surface area contributed by atoms with Crippen molar-refractivity contribution >= 4 is 12.7 Å². The molecule has 0 saturated carbocycles. The summed E-state index contributed by atoms with van der Waals surface area (Å²) < 4.78 is 0. The number of carbonyl (C=O) groups is 1. The zero-order valence-corrected chi connectivity index (χ0v) is 4.74. The van der Waals surface area contributed by atoms with Crippen LogP contribution < -0.4 is 16.8 Å². The predicted octanol–water partition coefficient (Wildman–Crippen LogP) is -1.52. The van der Waals surface area contributed by atoms with Crippen molar-refractivity contribution in [3.63, 3.8) is 0 Å². The molecule has 0 rings (SSSR count). The van der Waals surface area contributed by atoms with E-state index in [1.165, 1.54) is 0 Å². The Labute approximate surface area is 52.4 Å². The van der Waals surface area contributed by atoms with Crippen LogP contribution in [0.2, 0.25) is 0 Å². The summed E-state index contributed by atoms with van der Waals surface area (Å²) in [6, 6.07) is 0. The van der Waals surface area contributed by atoms with Crippen LogP contribution in [0.1, 0.15) is 0 Å². The highest BCUT2D eigenvalue weighted by Gasteiger charge is 1.83. The van der Waals surface area contributed by atoms with Gasteiger partial charge in [0.25, 0.3) is 0 Å². The van der Waals surface area contributed by atoms with Gasteiger partial charge in [-0.2, -0.15) is 0 Å². The van der Waals surface area contributed by atoms with Gasteiger partial charge in [0.15, 0.2) is 0 Å². The first-order chi connectivity index (χ1) is 4.35. The van der Waals surface area contributed by atoms with Gasteiger partial charge in [-0.3, -0.25) is 4.79 Å². The minimum absolute atomic E-state index is 0.229. The lowest BCUT2D eigenvalue weighted by molar-refractivity contribution is -0.108. The van der Waals surface area contributed by atoms with Crippen LogP contribution in [0.3, 0.4) is 0 Å². The van der Waals surface area contributed by atoms with Crippen molar-refractivity contribution in [2.24, 2.45) is 16.5 Å². The molecule has 0 saturated heterocycles. The Bertz CT molecular complexity index is 140. The molecule has 0 aromatic heterocycles. The molecule has 5 heteroatoms. The van der Waals surface area contributed by atoms with Gasteiger partial charge in [0.1, 0.15) is 5.82 Å². The number of hydrogen-bond donors (Lipinski definition) is 3. The Morgan fingerprint density at radius 3 is 2.56 bits per heavy atom. The molecule has 0 heterocycles. The molecular formula is C4H8N4O. The molecule has 0 aliphatic heterocycles. The summed E-state index contributed by atoms with van der Waals surface area (Å²) in [5.74, 6) is 0.229. The second kappa shape index (κ2) is 4.63. The highest BCUT2D eigenvalue weighted by Crippen LogP contribution is 1.81. The molecule has 0 spiro atoms. The molecule has 50 valence electrons. The molecule has 0 aliphatic carbocycles. The van der Waals surface area contributed by atoms with E-state index in [0.717, 1.165) is 12.5 Å². The number of amides is 1. The Balaban J connectivity index is 3.84. The van der Waals surface area contributed by atoms with Crippen LogP contribution in [0.15, 0.2) is 17.0 Å². The molecule has 0 unspecified atom stereocenters. The van der Waals surface area contributed by atoms with Gasteiger partial charge in [-0.25, -0.2) is 4.99 Å². The molecule has 5 nitrogen and oxygen atoms in total. The van der Waals surface area contributed by atoms with Crippen molar-refractivity contribution in [1.29, 1.82) is 0 Å². The lowest BCUT2D eigenvalue weighted by Gasteiger charge is -1.92. The topological polar surface area (TPSA) is 93.5 Å². The number of nitrogens with two attached hydrogens (primary N) is 2. The third-order valence-electron chi connectivity index (χ3n) is 0.578. The van der Waals surface area contributed by atoms with Crippen molar-refractivity contribution in [3.8, 4) is 0 Å². The monoisotopic (exact) mass is 128 g/mol. The Morgan fingerprint density at radius 1 is 1.56 bits per heavy atom. The molecule has 0 bridgehead atoms. The number of hydrogen-bond acceptors (Lipinski definition) is 3. The van der Waals surface area contributed by atoms with Crippen molar-refractivity contribution < 1.29 is 4.79 Å². The van der Waals surface area contributed by atoms with E-state index >= 15 is 0 Å². The fourth-order valence-electron chi connectivity index (χ4n) is 0.269. The Morgan fingerprint density at radius 2 is 2.22 bits per heavy atom. The van der Waals surface area contributed by atoms with E-state index in [9.17, 15) is 4.79 Å². The predicted molar refractivity (Wildman–Crippen MR) is 34.1 cm³/mol. The summed E-state index contributed by atoms with van der Waals surface area (Å²) in [6.07, 6.45) is 2.64. The van der Waals surface area contributed by atoms with Crippen molar-refractivity contribution in [2.75, 3.05) is 0 Å². The number of carbonyl (C=O) groups excluding carboxylic acids is 1. The summed E-state index contributed by atoms with van der Waals surface area (Å²) in [5.41, 5.74) is 9.88. The van der Waals surface area contributed by atoms with Gasteiger partial charge in [0, 0.05) is 6.20 Å². The lowest BCUT2D eigenvalue weighted by atomic mass is 10.7. The quantitative estimate of drug-likeness (QED) is 0.245. The second-order valence-electron chi connectivity index (χ2n) is 1.09. The molecular weight excluding hydrogens is 120 g/mol. The van der Waals surface area contributed by atoms with E-state index in [1.54, 1.807) is 0 Å². The Kier molecular flexibility index (Phi) is 3.85. The number of nitrogens with zero attached hydrogens (tertiary/aromatic N) is 1. The van der Waals surface area contributed by atoms with E-state index in [-0.39, 0.29) is 5.82 Å². The normalized spacial score (nSPS) is 11.8. The van der Waals surface area contributed by atoms with Crippen LogP contribution in [-0.4, -0.2) is 12.7 Å². The van der Waals surface area contributed by atoms with Crippen molar-refractivity contribution in [1.82, 2.24) is 5.32 Å². The highest BCUT2D eigenvalue weighted by atomic mass is 16.1. The van der Waals surface area contributed by atoms with E-state index < -0.39 is 0 Å². The zero-order valence-electron chi connectivity index (χ0n) is 4.74. The summed E-state index contributed by atoms with van der Waals surface area (Å²) >= 11 is 0. The molecule has 0 aliphatic rings. The van der Waals surface area contributed by atoms with Crippen LogP contribution in [0.5, 0.6) is 0 Å². The maximum atomic E-state index is 9.73. The van der Waals surface area contributed by atoms with Crippen LogP contribution in [0, 0.1) is 0 Å². The average Bonchev–Trinajstić information content (AvgIpc) is 1.88. The molecule has 0 fully saturated rings. The van der Waals surface area contributed by atoms with Crippen LogP contribution in [-0.2, 0) is 4.79 Å². The van der Waals surface area contributed by atoms with E-state index in [0.29, 0.717) is 6.41 Å². The fourth-order valence-corrected chi connectivity index (χ4v) is 0.269. The second-order valence-corrected chi connectivity index (χ2v) is 1.09. The third-order valence-corrected chi connectivity index (χ3v) is 0.578. The summed E-state index contributed by atoms with van der Waals surface area (Å²) in [4.78, 5) is 13.2. The minimum Gasteiger partial charge on any atom is -0.402 e. The van der Waals surface area contributed by atoms with Gasteiger partial charge in [-0.05, 0) is 0 Å². The van der Waals surface area contributed by atoms with Gasteiger partial charge in [0.2, 0.25) is 6.41 Å². The molecule has 0 radical (unpaired) electrons. The highest BCUT2D eigenvalue weighted by molar-refractivity contribution is 5.56. The number of aliphatic imine (C=N–C) groups is 1. The van der Waals surface area contributed by atoms with Gasteiger partial charge in [-0.15, -0.1) is 0 Å². The zero-order chi connectivity index (χ0) is 7.11. The molecule has 5 N–H and O–H groups in total. The van der Waals surface area contributed by atoms with Crippen molar-refractivity contribution in [3.05, 3.63) is 12.0 Å². The van der Waals surface area contributed by atoms with Gasteiger partial charge < -0.3 is 16.8 Å². The van der Waals surface area contributed by atoms with Gasteiger partial charge in [0.05, 0.1) is 6.34 Å². The smallest absolute Gasteiger partial charge is 0.212 e. The van der Waals surface area contributed by atoms with E-state index in [1.807, 2.05) is 0 Å². The number of nitrogens with one attached hydrogen (secondary N) is 1. The molecule has 1 amide bonds. The Hall–Kier alpha value is -1.52. The first-order valence-electron chi connectivity index (χ1n) is 2.21. The van der Waals surface area contributed by atoms with Crippen LogP contribution >= 0.6 is 0 Å². The fraction of sp³-hybridized carbons (Fsp3) is 0. The average molecular weight is 128 g/mol. The molecule has 0 atom stereocenters. The van der Waals surface area contributed by atoms with Crippen LogP contribution in [0.4, 0.5) is 0 Å². The maximum Gasteiger partial charge on any atom is 0.212 e. The van der Waals surface area contributed by atoms with Gasteiger partial charge >= 0.3 is 0 Å². The first kappa shape index (κ1) is 7.48. The molecule has 0 aromatic rings. The van der Waals surface area contributed by atoms with Crippen molar-refractivity contribution in [2.45, 2.75) is 0 Å². The largest absolute Gasteiger partial charge is 0.402 e. The SMILES string of the molecule is NC=N/C(=C\N)NC=O. The minimum atomic E-state index is 0.229. The third kappa shape index (κ3) is 3.10. The maximum absolute atomic E-state index is 9.73. The standard InChI is InChI=1S/C4H8N4O/c5-1-4(7-2-6)8-3-9/h1-3H,5H2,(H2,6,7)(H,8,9)/b4-1+. The lowest BCUT2D eigenvalue weighted by Crippen LogP contribution is -2.11.